The van der Waals surface area contributed by atoms with Gasteiger partial charge in [-0.05, 0) is 6.92 Å². The average molecular weight is 170 g/mol. The van der Waals surface area contributed by atoms with Gasteiger partial charge >= 0.3 is 0 Å². The predicted molar refractivity (Wildman–Crippen MR) is 48.8 cm³/mol. The Bertz CT molecular complexity index is 205. The van der Waals surface area contributed by atoms with Crippen LogP contribution in [0.2, 0.25) is 0 Å². The molecule has 0 radical (unpaired) electrons. The minimum Gasteiger partial charge on any atom is -0.323 e. The number of thiazole rings is 1. The third kappa shape index (κ3) is 2.01. The molecular formula is C8H14N2S. The van der Waals surface area contributed by atoms with Crippen LogP contribution in [0.25, 0.3) is 0 Å². The molecule has 0 fully saturated rings. The van der Waals surface area contributed by atoms with Crippen molar-refractivity contribution in [2.45, 2.75) is 32.7 Å². The van der Waals surface area contributed by atoms with Gasteiger partial charge < -0.3 is 5.73 Å². The predicted octanol–water partition coefficient (Wildman–Crippen LogP) is 2.29. The van der Waals surface area contributed by atoms with Crippen molar-refractivity contribution in [1.29, 1.82) is 0 Å². The number of nitrogens with two attached hydrogens (primary N) is 1. The molecule has 0 spiro atoms. The molecule has 2 nitrogen and oxygen atoms in total. The summed E-state index contributed by atoms with van der Waals surface area (Å²) in [5.41, 5.74) is 5.70. The third-order valence-electron chi connectivity index (χ3n) is 1.48. The highest BCUT2D eigenvalue weighted by atomic mass is 32.1. The van der Waals surface area contributed by atoms with Crippen LogP contribution in [0.4, 0.5) is 0 Å². The van der Waals surface area contributed by atoms with Crippen LogP contribution in [0, 0.1) is 0 Å². The standard InChI is InChI=1S/C8H14N2S/c1-5(2)8-10-4-7(11-8)6(3)9/h4-6H,9H2,1-3H3/t6-/m1/s1. The van der Waals surface area contributed by atoms with E-state index in [4.69, 9.17) is 5.73 Å². The second-order valence-electron chi connectivity index (χ2n) is 3.04. The second-order valence-corrected chi connectivity index (χ2v) is 4.14. The lowest BCUT2D eigenvalue weighted by atomic mass is 10.2. The molecule has 0 saturated carbocycles. The van der Waals surface area contributed by atoms with E-state index in [0.29, 0.717) is 5.92 Å². The van der Waals surface area contributed by atoms with E-state index in [9.17, 15) is 0 Å². The molecule has 0 saturated heterocycles. The molecule has 1 aromatic rings. The van der Waals surface area contributed by atoms with Gasteiger partial charge in [0.1, 0.15) is 0 Å². The second kappa shape index (κ2) is 3.32. The van der Waals surface area contributed by atoms with Gasteiger partial charge in [0, 0.05) is 23.0 Å². The first-order chi connectivity index (χ1) is 5.11. The lowest BCUT2D eigenvalue weighted by Gasteiger charge is -1.98. The van der Waals surface area contributed by atoms with Crippen molar-refractivity contribution in [1.82, 2.24) is 4.98 Å². The van der Waals surface area contributed by atoms with Crippen LogP contribution in [-0.2, 0) is 0 Å². The van der Waals surface area contributed by atoms with Gasteiger partial charge in [0.25, 0.3) is 0 Å². The van der Waals surface area contributed by atoms with Crippen LogP contribution < -0.4 is 5.73 Å². The molecule has 62 valence electrons. The summed E-state index contributed by atoms with van der Waals surface area (Å²) in [6.45, 7) is 6.27. The summed E-state index contributed by atoms with van der Waals surface area (Å²) in [4.78, 5) is 5.45. The van der Waals surface area contributed by atoms with Gasteiger partial charge in [0.15, 0.2) is 0 Å². The Hall–Kier alpha value is -0.410. The molecule has 0 aliphatic rings. The molecule has 0 amide bonds. The maximum Gasteiger partial charge on any atom is 0.0953 e. The van der Waals surface area contributed by atoms with E-state index in [1.54, 1.807) is 11.3 Å². The number of rotatable bonds is 2. The Balaban J connectivity index is 2.82. The van der Waals surface area contributed by atoms with Gasteiger partial charge in [-0.2, -0.15) is 0 Å². The Labute approximate surface area is 71.5 Å². The van der Waals surface area contributed by atoms with Crippen LogP contribution in [0.5, 0.6) is 0 Å². The normalized spacial score (nSPS) is 13.9. The SMILES string of the molecule is CC(C)c1ncc([C@@H](C)N)s1. The molecule has 0 aromatic carbocycles. The van der Waals surface area contributed by atoms with Crippen molar-refractivity contribution >= 4 is 11.3 Å². The highest BCUT2D eigenvalue weighted by molar-refractivity contribution is 7.11. The Morgan fingerprint density at radius 3 is 2.36 bits per heavy atom. The molecule has 0 unspecified atom stereocenters. The number of aromatic nitrogens is 1. The smallest absolute Gasteiger partial charge is 0.0953 e. The van der Waals surface area contributed by atoms with Gasteiger partial charge in [-0.1, -0.05) is 13.8 Å². The molecular weight excluding hydrogens is 156 g/mol. The van der Waals surface area contributed by atoms with E-state index < -0.39 is 0 Å². The van der Waals surface area contributed by atoms with E-state index in [-0.39, 0.29) is 6.04 Å². The first kappa shape index (κ1) is 8.68. The van der Waals surface area contributed by atoms with Crippen molar-refractivity contribution < 1.29 is 0 Å². The molecule has 1 rings (SSSR count). The molecule has 2 N–H and O–H groups in total. The van der Waals surface area contributed by atoms with Crippen molar-refractivity contribution in [3.05, 3.63) is 16.1 Å². The topological polar surface area (TPSA) is 38.9 Å². The highest BCUT2D eigenvalue weighted by Gasteiger charge is 2.07. The summed E-state index contributed by atoms with van der Waals surface area (Å²) in [7, 11) is 0. The fraction of sp³-hybridized carbons (Fsp3) is 0.625. The number of hydrogen-bond acceptors (Lipinski definition) is 3. The number of nitrogens with zero attached hydrogens (tertiary/aromatic N) is 1. The van der Waals surface area contributed by atoms with Crippen LogP contribution >= 0.6 is 11.3 Å². The molecule has 0 bridgehead atoms. The molecule has 1 heterocycles. The van der Waals surface area contributed by atoms with E-state index in [2.05, 4.69) is 18.8 Å². The Morgan fingerprint density at radius 2 is 2.09 bits per heavy atom. The molecule has 1 aromatic heterocycles. The summed E-state index contributed by atoms with van der Waals surface area (Å²) < 4.78 is 0. The monoisotopic (exact) mass is 170 g/mol. The van der Waals surface area contributed by atoms with Crippen LogP contribution in [0.1, 0.15) is 42.6 Å². The van der Waals surface area contributed by atoms with E-state index in [0.717, 1.165) is 0 Å². The maximum atomic E-state index is 5.70. The summed E-state index contributed by atoms with van der Waals surface area (Å²) in [6.07, 6.45) is 1.88. The largest absolute Gasteiger partial charge is 0.323 e. The minimum absolute atomic E-state index is 0.125. The van der Waals surface area contributed by atoms with Gasteiger partial charge in [-0.3, -0.25) is 0 Å². The zero-order valence-electron chi connectivity index (χ0n) is 7.16. The molecule has 0 aliphatic carbocycles. The van der Waals surface area contributed by atoms with Crippen molar-refractivity contribution in [3.8, 4) is 0 Å². The first-order valence-electron chi connectivity index (χ1n) is 3.82. The lowest BCUT2D eigenvalue weighted by molar-refractivity contribution is 0.831. The Kier molecular flexibility index (Phi) is 2.62. The van der Waals surface area contributed by atoms with Crippen LogP contribution in [0.15, 0.2) is 6.20 Å². The average Bonchev–Trinajstić information content (AvgIpc) is 2.33. The van der Waals surface area contributed by atoms with Crippen LogP contribution in [0.3, 0.4) is 0 Å². The summed E-state index contributed by atoms with van der Waals surface area (Å²) in [5.74, 6) is 0.521. The van der Waals surface area contributed by atoms with Crippen molar-refractivity contribution in [2.75, 3.05) is 0 Å². The molecule has 0 aliphatic heterocycles. The van der Waals surface area contributed by atoms with Gasteiger partial charge in [-0.25, -0.2) is 4.98 Å². The van der Waals surface area contributed by atoms with E-state index in [1.807, 2.05) is 13.1 Å². The molecule has 1 atom stereocenters. The fourth-order valence-electron chi connectivity index (χ4n) is 0.778. The fourth-order valence-corrected chi connectivity index (χ4v) is 1.65. The van der Waals surface area contributed by atoms with Gasteiger partial charge in [0.05, 0.1) is 5.01 Å². The quantitative estimate of drug-likeness (QED) is 0.739. The molecule has 11 heavy (non-hydrogen) atoms. The van der Waals surface area contributed by atoms with E-state index in [1.165, 1.54) is 9.88 Å². The molecule has 3 heteroatoms. The Morgan fingerprint density at radius 1 is 1.45 bits per heavy atom. The third-order valence-corrected chi connectivity index (χ3v) is 2.98. The summed E-state index contributed by atoms with van der Waals surface area (Å²) >= 11 is 1.71. The highest BCUT2D eigenvalue weighted by Crippen LogP contribution is 2.24. The van der Waals surface area contributed by atoms with Crippen LogP contribution in [-0.4, -0.2) is 4.98 Å². The van der Waals surface area contributed by atoms with Crippen molar-refractivity contribution in [3.63, 3.8) is 0 Å². The minimum atomic E-state index is 0.125. The summed E-state index contributed by atoms with van der Waals surface area (Å²) in [6, 6.07) is 0.125. The van der Waals surface area contributed by atoms with Gasteiger partial charge in [0.2, 0.25) is 0 Å². The van der Waals surface area contributed by atoms with Gasteiger partial charge in [-0.15, -0.1) is 11.3 Å². The zero-order valence-corrected chi connectivity index (χ0v) is 7.98. The lowest BCUT2D eigenvalue weighted by Crippen LogP contribution is -2.01. The van der Waals surface area contributed by atoms with E-state index >= 15 is 0 Å². The van der Waals surface area contributed by atoms with Crippen molar-refractivity contribution in [2.24, 2.45) is 5.73 Å². The first-order valence-corrected chi connectivity index (χ1v) is 4.64. The number of hydrogen-bond donors (Lipinski definition) is 1. The summed E-state index contributed by atoms with van der Waals surface area (Å²) in [5, 5.41) is 1.18. The maximum absolute atomic E-state index is 5.70. The zero-order chi connectivity index (χ0) is 8.43.